The highest BCUT2D eigenvalue weighted by Gasteiger charge is 2.41. The van der Waals surface area contributed by atoms with Crippen LogP contribution in [0.3, 0.4) is 0 Å². The van der Waals surface area contributed by atoms with Gasteiger partial charge in [-0.3, -0.25) is 0 Å². The molecule has 0 saturated carbocycles. The Morgan fingerprint density at radius 1 is 1.50 bits per heavy atom. The summed E-state index contributed by atoms with van der Waals surface area (Å²) in [4.78, 5) is 14.4. The Morgan fingerprint density at radius 2 is 2.17 bits per heavy atom. The number of rotatable bonds is 2. The van der Waals surface area contributed by atoms with E-state index >= 15 is 0 Å². The number of hydrogen-bond donors (Lipinski definition) is 1. The van der Waals surface area contributed by atoms with Crippen LogP contribution in [-0.4, -0.2) is 25.7 Å². The second-order valence-corrected chi connectivity index (χ2v) is 3.55. The molecule has 1 N–H and O–H groups in total. The van der Waals surface area contributed by atoms with Crippen LogP contribution in [0.4, 0.5) is 13.2 Å². The van der Waals surface area contributed by atoms with Crippen molar-refractivity contribution < 1.29 is 23.1 Å². The maximum Gasteiger partial charge on any atom is 0.422 e. The lowest BCUT2D eigenvalue weighted by atomic mass is 10.2. The molecule has 2 aromatic heterocycles. The third-order valence-corrected chi connectivity index (χ3v) is 2.45. The summed E-state index contributed by atoms with van der Waals surface area (Å²) in [5, 5.41) is 12.3. The van der Waals surface area contributed by atoms with Gasteiger partial charge in [-0.05, 0) is 12.5 Å². The van der Waals surface area contributed by atoms with Crippen molar-refractivity contribution in [3.8, 4) is 0 Å². The zero-order valence-electron chi connectivity index (χ0n) is 9.19. The lowest BCUT2D eigenvalue weighted by Crippen LogP contribution is -2.11. The molecule has 0 unspecified atom stereocenters. The Labute approximate surface area is 98.9 Å². The Bertz CT molecular complexity index is 619. The number of aromatic nitrogens is 3. The van der Waals surface area contributed by atoms with Crippen LogP contribution < -0.4 is 0 Å². The van der Waals surface area contributed by atoms with E-state index in [4.69, 9.17) is 5.11 Å². The molecule has 8 heteroatoms. The zero-order valence-corrected chi connectivity index (χ0v) is 9.19. The van der Waals surface area contributed by atoms with Crippen molar-refractivity contribution in [2.24, 2.45) is 0 Å². The number of carboxylic acids is 1. The molecule has 18 heavy (non-hydrogen) atoms. The number of halogens is 3. The van der Waals surface area contributed by atoms with Crippen LogP contribution in [0.1, 0.15) is 28.7 Å². The summed E-state index contributed by atoms with van der Waals surface area (Å²) in [5.74, 6) is -1.73. The number of aromatic carboxylic acids is 1. The number of fused-ring (bicyclic) bond motifs is 1. The summed E-state index contributed by atoms with van der Waals surface area (Å²) in [5.41, 5.74) is -2.38. The fourth-order valence-electron chi connectivity index (χ4n) is 1.67. The number of nitrogens with zero attached hydrogens (tertiary/aromatic N) is 3. The van der Waals surface area contributed by atoms with Crippen molar-refractivity contribution in [3.63, 3.8) is 0 Å². The molecule has 2 rings (SSSR count). The number of alkyl halides is 3. The first kappa shape index (κ1) is 12.3. The summed E-state index contributed by atoms with van der Waals surface area (Å²) < 4.78 is 39.5. The monoisotopic (exact) mass is 259 g/mol. The normalized spacial score (nSPS) is 12.0. The molecule has 0 aliphatic heterocycles. The fraction of sp³-hybridized carbons (Fsp3) is 0.300. The molecule has 0 saturated heterocycles. The number of carbonyl (C=O) groups is 1. The van der Waals surface area contributed by atoms with Gasteiger partial charge in [0, 0.05) is 11.9 Å². The van der Waals surface area contributed by atoms with Gasteiger partial charge in [-0.15, -0.1) is 0 Å². The minimum Gasteiger partial charge on any atom is -0.476 e. The standard InChI is InChI=1S/C10H8F3N3O2/c1-2-5-3-4-14-8-6(10(11,12)13)7(9(17)18)15-16(5)8/h3-4H,2H2,1H3,(H,17,18). The van der Waals surface area contributed by atoms with Gasteiger partial charge in [-0.1, -0.05) is 6.92 Å². The van der Waals surface area contributed by atoms with E-state index in [-0.39, 0.29) is 0 Å². The van der Waals surface area contributed by atoms with E-state index in [0.717, 1.165) is 4.52 Å². The SMILES string of the molecule is CCc1ccnc2c(C(F)(F)F)c(C(=O)O)nn12. The molecule has 2 heterocycles. The quantitative estimate of drug-likeness (QED) is 0.895. The average Bonchev–Trinajstić information content (AvgIpc) is 2.67. The van der Waals surface area contributed by atoms with E-state index in [9.17, 15) is 18.0 Å². The van der Waals surface area contributed by atoms with E-state index in [1.807, 2.05) is 0 Å². The minimum absolute atomic E-state index is 0.414. The first-order chi connectivity index (χ1) is 8.36. The molecule has 0 spiro atoms. The number of carboxylic acid groups (broad SMARTS) is 1. The van der Waals surface area contributed by atoms with Gasteiger partial charge in [0.1, 0.15) is 5.56 Å². The first-order valence-corrected chi connectivity index (χ1v) is 5.03. The smallest absolute Gasteiger partial charge is 0.422 e. The van der Waals surface area contributed by atoms with E-state index in [0.29, 0.717) is 12.1 Å². The van der Waals surface area contributed by atoms with Gasteiger partial charge < -0.3 is 5.11 Å². The Hall–Kier alpha value is -2.12. The molecule has 0 atom stereocenters. The highest BCUT2D eigenvalue weighted by atomic mass is 19.4. The molecule has 2 aromatic rings. The predicted octanol–water partition coefficient (Wildman–Crippen LogP) is 2.01. The van der Waals surface area contributed by atoms with Gasteiger partial charge in [-0.2, -0.15) is 18.3 Å². The molecule has 96 valence electrons. The van der Waals surface area contributed by atoms with Crippen molar-refractivity contribution >= 4 is 11.6 Å². The summed E-state index contributed by atoms with van der Waals surface area (Å²) in [6, 6.07) is 1.49. The van der Waals surface area contributed by atoms with Crippen molar-refractivity contribution in [3.05, 3.63) is 29.2 Å². The maximum atomic E-state index is 12.9. The van der Waals surface area contributed by atoms with Gasteiger partial charge in [0.2, 0.25) is 0 Å². The molecule has 0 fully saturated rings. The van der Waals surface area contributed by atoms with Crippen LogP contribution >= 0.6 is 0 Å². The number of aryl methyl sites for hydroxylation is 1. The van der Waals surface area contributed by atoms with Crippen LogP contribution in [0.15, 0.2) is 12.3 Å². The highest BCUT2D eigenvalue weighted by Crippen LogP contribution is 2.34. The molecule has 0 radical (unpaired) electrons. The molecule has 0 aromatic carbocycles. The van der Waals surface area contributed by atoms with Crippen molar-refractivity contribution in [1.29, 1.82) is 0 Å². The molecular formula is C10H8F3N3O2. The van der Waals surface area contributed by atoms with Crippen LogP contribution in [-0.2, 0) is 12.6 Å². The number of hydrogen-bond acceptors (Lipinski definition) is 3. The highest BCUT2D eigenvalue weighted by molar-refractivity contribution is 5.89. The van der Waals surface area contributed by atoms with Crippen molar-refractivity contribution in [2.45, 2.75) is 19.5 Å². The summed E-state index contributed by atoms with van der Waals surface area (Å²) >= 11 is 0. The average molecular weight is 259 g/mol. The van der Waals surface area contributed by atoms with Gasteiger partial charge >= 0.3 is 12.1 Å². The van der Waals surface area contributed by atoms with Crippen LogP contribution in [0.2, 0.25) is 0 Å². The van der Waals surface area contributed by atoms with Gasteiger partial charge in [0.05, 0.1) is 0 Å². The first-order valence-electron chi connectivity index (χ1n) is 5.03. The maximum absolute atomic E-state index is 12.9. The van der Waals surface area contributed by atoms with Crippen LogP contribution in [0, 0.1) is 0 Å². The molecule has 0 aliphatic carbocycles. The topological polar surface area (TPSA) is 67.5 Å². The third-order valence-electron chi connectivity index (χ3n) is 2.45. The molecule has 5 nitrogen and oxygen atoms in total. The van der Waals surface area contributed by atoms with Crippen LogP contribution in [0.25, 0.3) is 5.65 Å². The largest absolute Gasteiger partial charge is 0.476 e. The summed E-state index contributed by atoms with van der Waals surface area (Å²) in [6.45, 7) is 1.73. The van der Waals surface area contributed by atoms with Crippen LogP contribution in [0.5, 0.6) is 0 Å². The van der Waals surface area contributed by atoms with E-state index in [1.165, 1.54) is 12.3 Å². The van der Waals surface area contributed by atoms with E-state index < -0.39 is 29.1 Å². The lowest BCUT2D eigenvalue weighted by Gasteiger charge is -2.05. The van der Waals surface area contributed by atoms with Gasteiger partial charge in [0.25, 0.3) is 0 Å². The van der Waals surface area contributed by atoms with E-state index in [2.05, 4.69) is 10.1 Å². The molecule has 0 bridgehead atoms. The lowest BCUT2D eigenvalue weighted by molar-refractivity contribution is -0.137. The minimum atomic E-state index is -4.81. The Morgan fingerprint density at radius 3 is 2.67 bits per heavy atom. The van der Waals surface area contributed by atoms with Crippen molar-refractivity contribution in [1.82, 2.24) is 14.6 Å². The zero-order chi connectivity index (χ0) is 13.5. The Balaban J connectivity index is 2.89. The molecule has 0 amide bonds. The fourth-order valence-corrected chi connectivity index (χ4v) is 1.67. The molecular weight excluding hydrogens is 251 g/mol. The van der Waals surface area contributed by atoms with E-state index in [1.54, 1.807) is 6.92 Å². The van der Waals surface area contributed by atoms with Gasteiger partial charge in [0.15, 0.2) is 11.3 Å². The predicted molar refractivity (Wildman–Crippen MR) is 54.3 cm³/mol. The Kier molecular flexibility index (Phi) is 2.72. The summed E-state index contributed by atoms with van der Waals surface area (Å²) in [6.07, 6.45) is -3.19. The third kappa shape index (κ3) is 1.79. The second kappa shape index (κ2) is 3.97. The summed E-state index contributed by atoms with van der Waals surface area (Å²) in [7, 11) is 0. The van der Waals surface area contributed by atoms with Gasteiger partial charge in [-0.25, -0.2) is 14.3 Å². The second-order valence-electron chi connectivity index (χ2n) is 3.55. The molecule has 0 aliphatic rings. The van der Waals surface area contributed by atoms with Crippen molar-refractivity contribution in [2.75, 3.05) is 0 Å².